The van der Waals surface area contributed by atoms with Crippen LogP contribution in [0.3, 0.4) is 0 Å². The van der Waals surface area contributed by atoms with Crippen LogP contribution in [0.4, 0.5) is 18.9 Å². The standard InChI is InChI=1S/C19H25F3N4O2.ClH/c20-19(21,22)16(26-9-7-23-8-10-26)12-24-17(27)6-5-14-11-13-3-1-2-4-15(13)25-18(14)28;/h1-4,14,16,23H,5-12H2,(H,24,27)(H,25,28);1H. The van der Waals surface area contributed by atoms with Crippen molar-refractivity contribution in [3.63, 3.8) is 0 Å². The van der Waals surface area contributed by atoms with Crippen LogP contribution in [0.2, 0.25) is 0 Å². The lowest BCUT2D eigenvalue weighted by molar-refractivity contribution is -0.184. The predicted octanol–water partition coefficient (Wildman–Crippen LogP) is 1.95. The number of piperazine rings is 1. The number of rotatable bonds is 6. The van der Waals surface area contributed by atoms with Gasteiger partial charge < -0.3 is 16.0 Å². The number of fused-ring (bicyclic) bond motifs is 1. The van der Waals surface area contributed by atoms with E-state index in [0.717, 1.165) is 11.3 Å². The molecule has 2 atom stereocenters. The number of para-hydroxylation sites is 1. The zero-order valence-electron chi connectivity index (χ0n) is 15.9. The first kappa shape index (κ1) is 23.4. The second kappa shape index (κ2) is 10.3. The molecule has 0 aromatic heterocycles. The van der Waals surface area contributed by atoms with E-state index in [1.807, 2.05) is 24.3 Å². The number of benzene rings is 1. The fraction of sp³-hybridized carbons (Fsp3) is 0.579. The second-order valence-corrected chi connectivity index (χ2v) is 7.23. The molecule has 0 aliphatic carbocycles. The third-order valence-corrected chi connectivity index (χ3v) is 5.29. The number of carbonyl (C=O) groups excluding carboxylic acids is 2. The van der Waals surface area contributed by atoms with Crippen LogP contribution in [-0.2, 0) is 16.0 Å². The Kier molecular flexibility index (Phi) is 8.30. The first-order valence-corrected chi connectivity index (χ1v) is 9.51. The van der Waals surface area contributed by atoms with Crippen LogP contribution in [0, 0.1) is 5.92 Å². The topological polar surface area (TPSA) is 73.5 Å². The van der Waals surface area contributed by atoms with Crippen LogP contribution in [0.15, 0.2) is 24.3 Å². The van der Waals surface area contributed by atoms with Gasteiger partial charge in [0, 0.05) is 50.7 Å². The molecular formula is C19H26ClF3N4O2. The molecule has 1 fully saturated rings. The Hall–Kier alpha value is -1.84. The van der Waals surface area contributed by atoms with E-state index in [9.17, 15) is 22.8 Å². The SMILES string of the molecule is Cl.O=C(CCC1Cc2ccccc2NC1=O)NCC(N1CCNCC1)C(F)(F)F. The van der Waals surface area contributed by atoms with Crippen molar-refractivity contribution in [2.24, 2.45) is 5.92 Å². The summed E-state index contributed by atoms with van der Waals surface area (Å²) in [5.41, 5.74) is 1.78. The lowest BCUT2D eigenvalue weighted by atomic mass is 9.89. The van der Waals surface area contributed by atoms with Gasteiger partial charge in [-0.25, -0.2) is 0 Å². The van der Waals surface area contributed by atoms with Crippen LogP contribution in [0.1, 0.15) is 18.4 Å². The predicted molar refractivity (Wildman–Crippen MR) is 106 cm³/mol. The molecule has 1 aromatic rings. The number of nitrogens with one attached hydrogen (secondary N) is 3. The number of alkyl halides is 3. The molecule has 29 heavy (non-hydrogen) atoms. The van der Waals surface area contributed by atoms with Gasteiger partial charge in [-0.05, 0) is 24.5 Å². The van der Waals surface area contributed by atoms with E-state index in [1.165, 1.54) is 4.90 Å². The van der Waals surface area contributed by atoms with Gasteiger partial charge in [0.05, 0.1) is 0 Å². The third kappa shape index (κ3) is 6.32. The number of halogens is 4. The maximum absolute atomic E-state index is 13.4. The molecule has 3 N–H and O–H groups in total. The molecule has 0 spiro atoms. The number of carbonyl (C=O) groups is 2. The first-order chi connectivity index (χ1) is 13.3. The molecule has 3 rings (SSSR count). The minimum absolute atomic E-state index is 0. The lowest BCUT2D eigenvalue weighted by Gasteiger charge is -2.36. The summed E-state index contributed by atoms with van der Waals surface area (Å²) in [6, 6.07) is 5.77. The number of hydrogen-bond acceptors (Lipinski definition) is 4. The zero-order chi connectivity index (χ0) is 20.1. The Bertz CT molecular complexity index is 711. The molecule has 1 aromatic carbocycles. The second-order valence-electron chi connectivity index (χ2n) is 7.23. The van der Waals surface area contributed by atoms with E-state index in [0.29, 0.717) is 39.0 Å². The van der Waals surface area contributed by atoms with Crippen LogP contribution < -0.4 is 16.0 Å². The van der Waals surface area contributed by atoms with Gasteiger partial charge in [0.25, 0.3) is 0 Å². The molecule has 0 bridgehead atoms. The largest absolute Gasteiger partial charge is 0.405 e. The van der Waals surface area contributed by atoms with Crippen molar-refractivity contribution >= 4 is 29.9 Å². The van der Waals surface area contributed by atoms with Crippen LogP contribution in [0.25, 0.3) is 0 Å². The van der Waals surface area contributed by atoms with Crippen LogP contribution in [0.5, 0.6) is 0 Å². The average Bonchev–Trinajstić information content (AvgIpc) is 2.66. The van der Waals surface area contributed by atoms with E-state index in [-0.39, 0.29) is 30.7 Å². The van der Waals surface area contributed by atoms with E-state index < -0.39 is 24.7 Å². The zero-order valence-corrected chi connectivity index (χ0v) is 16.7. The molecule has 2 unspecified atom stereocenters. The highest BCUT2D eigenvalue weighted by Gasteiger charge is 2.43. The van der Waals surface area contributed by atoms with E-state index in [1.54, 1.807) is 0 Å². The molecule has 2 aliphatic rings. The van der Waals surface area contributed by atoms with Gasteiger partial charge in [0.15, 0.2) is 0 Å². The van der Waals surface area contributed by atoms with Gasteiger partial charge in [-0.15, -0.1) is 12.4 Å². The average molecular weight is 435 g/mol. The first-order valence-electron chi connectivity index (χ1n) is 9.51. The third-order valence-electron chi connectivity index (χ3n) is 5.29. The Morgan fingerprint density at radius 2 is 1.93 bits per heavy atom. The molecule has 0 radical (unpaired) electrons. The fourth-order valence-electron chi connectivity index (χ4n) is 3.70. The Morgan fingerprint density at radius 1 is 1.24 bits per heavy atom. The van der Waals surface area contributed by atoms with Crippen LogP contribution >= 0.6 is 12.4 Å². The Morgan fingerprint density at radius 3 is 2.62 bits per heavy atom. The van der Waals surface area contributed by atoms with E-state index in [2.05, 4.69) is 16.0 Å². The lowest BCUT2D eigenvalue weighted by Crippen LogP contribution is -2.57. The molecule has 2 aliphatic heterocycles. The van der Waals surface area contributed by atoms with Gasteiger partial charge in [0.1, 0.15) is 6.04 Å². The number of nitrogens with zero attached hydrogens (tertiary/aromatic N) is 1. The summed E-state index contributed by atoms with van der Waals surface area (Å²) in [6.45, 7) is 1.11. The summed E-state index contributed by atoms with van der Waals surface area (Å²) in [5.74, 6) is -0.969. The van der Waals surface area contributed by atoms with Crippen molar-refractivity contribution in [1.82, 2.24) is 15.5 Å². The Balaban J connectivity index is 0.00000300. The monoisotopic (exact) mass is 434 g/mol. The van der Waals surface area contributed by atoms with E-state index >= 15 is 0 Å². The van der Waals surface area contributed by atoms with Crippen molar-refractivity contribution in [2.45, 2.75) is 31.5 Å². The van der Waals surface area contributed by atoms with Crippen LogP contribution in [-0.4, -0.2) is 61.7 Å². The van der Waals surface area contributed by atoms with E-state index in [4.69, 9.17) is 0 Å². The minimum atomic E-state index is -4.41. The van der Waals surface area contributed by atoms with Gasteiger partial charge in [-0.3, -0.25) is 14.5 Å². The number of hydrogen-bond donors (Lipinski definition) is 3. The fourth-order valence-corrected chi connectivity index (χ4v) is 3.70. The Labute approximate surface area is 174 Å². The highest BCUT2D eigenvalue weighted by Crippen LogP contribution is 2.28. The molecule has 2 heterocycles. The normalized spacial score (nSPS) is 20.8. The summed E-state index contributed by atoms with van der Waals surface area (Å²) >= 11 is 0. The summed E-state index contributed by atoms with van der Waals surface area (Å²) in [5, 5.41) is 8.24. The molecule has 6 nitrogen and oxygen atoms in total. The van der Waals surface area contributed by atoms with Crippen molar-refractivity contribution in [1.29, 1.82) is 0 Å². The van der Waals surface area contributed by atoms with Crippen molar-refractivity contribution in [3.05, 3.63) is 29.8 Å². The summed E-state index contributed by atoms with van der Waals surface area (Å²) in [7, 11) is 0. The highest BCUT2D eigenvalue weighted by atomic mass is 35.5. The maximum Gasteiger partial charge on any atom is 0.405 e. The van der Waals surface area contributed by atoms with Gasteiger partial charge >= 0.3 is 6.18 Å². The summed E-state index contributed by atoms with van der Waals surface area (Å²) in [6.07, 6.45) is -3.55. The smallest absolute Gasteiger partial charge is 0.354 e. The molecule has 1 saturated heterocycles. The molecular weight excluding hydrogens is 409 g/mol. The molecule has 0 saturated carbocycles. The van der Waals surface area contributed by atoms with Crippen molar-refractivity contribution in [3.8, 4) is 0 Å². The minimum Gasteiger partial charge on any atom is -0.354 e. The summed E-state index contributed by atoms with van der Waals surface area (Å²) < 4.78 is 40.1. The number of anilines is 1. The molecule has 10 heteroatoms. The quantitative estimate of drug-likeness (QED) is 0.640. The maximum atomic E-state index is 13.4. The molecule has 162 valence electrons. The van der Waals surface area contributed by atoms with Crippen molar-refractivity contribution in [2.75, 3.05) is 38.0 Å². The number of amides is 2. The van der Waals surface area contributed by atoms with Gasteiger partial charge in [-0.2, -0.15) is 13.2 Å². The molecule has 2 amide bonds. The highest BCUT2D eigenvalue weighted by molar-refractivity contribution is 5.96. The van der Waals surface area contributed by atoms with Crippen molar-refractivity contribution < 1.29 is 22.8 Å². The van der Waals surface area contributed by atoms with Gasteiger partial charge in [-0.1, -0.05) is 18.2 Å². The van der Waals surface area contributed by atoms with Gasteiger partial charge in [0.2, 0.25) is 11.8 Å². The summed E-state index contributed by atoms with van der Waals surface area (Å²) in [4.78, 5) is 25.6.